The summed E-state index contributed by atoms with van der Waals surface area (Å²) in [6.07, 6.45) is 2.85. The van der Waals surface area contributed by atoms with Crippen LogP contribution in [0, 0.1) is 5.82 Å². The number of ketones is 1. The molecule has 0 saturated heterocycles. The molecule has 0 amide bonds. The summed E-state index contributed by atoms with van der Waals surface area (Å²) in [5.41, 5.74) is 3.69. The maximum Gasteiger partial charge on any atom is 0.326 e. The average Bonchev–Trinajstić information content (AvgIpc) is 3.35. The highest BCUT2D eigenvalue weighted by Gasteiger charge is 2.21. The van der Waals surface area contributed by atoms with Crippen LogP contribution in [0.2, 0.25) is 0 Å². The first-order chi connectivity index (χ1) is 20.9. The Balaban J connectivity index is 1.25. The van der Waals surface area contributed by atoms with Crippen LogP contribution in [0.1, 0.15) is 15.9 Å². The van der Waals surface area contributed by atoms with E-state index in [9.17, 15) is 19.1 Å². The van der Waals surface area contributed by atoms with Crippen LogP contribution in [0.25, 0.3) is 21.8 Å². The first kappa shape index (κ1) is 29.1. The predicted molar refractivity (Wildman–Crippen MR) is 168 cm³/mol. The first-order valence-electron chi connectivity index (χ1n) is 13.9. The summed E-state index contributed by atoms with van der Waals surface area (Å²) in [5, 5.41) is 15.3. The Bertz CT molecular complexity index is 1780. The molecule has 1 unspecified atom stereocenters. The Kier molecular flexibility index (Phi) is 8.82. The predicted octanol–water partition coefficient (Wildman–Crippen LogP) is 7.11. The number of carbonyl (C=O) groups excluding carboxylic acids is 1. The Morgan fingerprint density at radius 2 is 1.47 bits per heavy atom. The van der Waals surface area contributed by atoms with E-state index in [2.05, 4.69) is 47.3 Å². The number of halogens is 1. The van der Waals surface area contributed by atoms with Crippen LogP contribution in [0.4, 0.5) is 4.39 Å². The average molecular weight is 575 g/mol. The fraction of sp³-hybridized carbons (Fsp3) is 0.111. The van der Waals surface area contributed by atoms with Crippen molar-refractivity contribution in [2.45, 2.75) is 19.0 Å². The fourth-order valence-electron chi connectivity index (χ4n) is 5.17. The van der Waals surface area contributed by atoms with Crippen LogP contribution >= 0.6 is 0 Å². The van der Waals surface area contributed by atoms with Crippen molar-refractivity contribution in [3.8, 4) is 5.75 Å². The van der Waals surface area contributed by atoms with Gasteiger partial charge in [0.1, 0.15) is 24.2 Å². The van der Waals surface area contributed by atoms with E-state index >= 15 is 0 Å². The van der Waals surface area contributed by atoms with Gasteiger partial charge in [-0.1, -0.05) is 67.8 Å². The number of nitrogens with zero attached hydrogens (tertiary/aromatic N) is 1. The number of aliphatic carboxylic acids is 1. The number of allylic oxidation sites excluding steroid dienone is 3. The van der Waals surface area contributed by atoms with Crippen LogP contribution in [0.15, 0.2) is 134 Å². The molecule has 7 heteroatoms. The summed E-state index contributed by atoms with van der Waals surface area (Å²) >= 11 is 0. The van der Waals surface area contributed by atoms with Crippen molar-refractivity contribution in [2.24, 2.45) is 0 Å². The van der Waals surface area contributed by atoms with Crippen LogP contribution in [0.5, 0.6) is 5.75 Å². The van der Waals surface area contributed by atoms with E-state index in [1.54, 1.807) is 0 Å². The minimum Gasteiger partial charge on any atom is -0.492 e. The van der Waals surface area contributed by atoms with Crippen molar-refractivity contribution in [2.75, 3.05) is 6.61 Å². The summed E-state index contributed by atoms with van der Waals surface area (Å²) in [7, 11) is 0. The number of aromatic nitrogens is 1. The Hall–Kier alpha value is -5.43. The van der Waals surface area contributed by atoms with Gasteiger partial charge < -0.3 is 19.7 Å². The molecule has 1 heterocycles. The monoisotopic (exact) mass is 574 g/mol. The van der Waals surface area contributed by atoms with Gasteiger partial charge in [-0.25, -0.2) is 9.18 Å². The topological polar surface area (TPSA) is 80.6 Å². The second-order valence-corrected chi connectivity index (χ2v) is 9.99. The number of carbonyl (C=O) groups is 2. The smallest absolute Gasteiger partial charge is 0.326 e. The van der Waals surface area contributed by atoms with Crippen LogP contribution in [-0.4, -0.2) is 34.1 Å². The number of fused-ring (bicyclic) bond motifs is 3. The fourth-order valence-corrected chi connectivity index (χ4v) is 5.17. The molecule has 0 saturated carbocycles. The number of carboxylic acids is 1. The summed E-state index contributed by atoms with van der Waals surface area (Å²) in [6.45, 7) is 8.57. The third-order valence-corrected chi connectivity index (χ3v) is 7.30. The highest BCUT2D eigenvalue weighted by molar-refractivity contribution is 6.11. The van der Waals surface area contributed by atoms with Gasteiger partial charge in [-0.3, -0.25) is 4.79 Å². The molecule has 4 aromatic carbocycles. The minimum absolute atomic E-state index is 0.139. The molecule has 6 nitrogen and oxygen atoms in total. The second-order valence-electron chi connectivity index (χ2n) is 9.99. The molecule has 5 aromatic rings. The normalized spacial score (nSPS) is 12.4. The zero-order valence-electron chi connectivity index (χ0n) is 23.5. The molecule has 0 aliphatic carbocycles. The molecule has 0 bridgehead atoms. The lowest BCUT2D eigenvalue weighted by molar-refractivity contribution is -0.139. The standard InChI is InChI=1S/C36H31FN2O4/c1-3-28(35(40)25-15-17-26(37)18-16-25)31(4-2)38-32(36(41)42)23-24-13-19-27(20-14-24)43-22-21-39-33-11-7-5-9-29(33)30-10-6-8-12-34(30)39/h3-20,32,38H,1-2,21-23H2,(H,41,42)/b31-28-. The van der Waals surface area contributed by atoms with E-state index in [0.717, 1.165) is 16.6 Å². The van der Waals surface area contributed by atoms with Crippen molar-refractivity contribution in [3.05, 3.63) is 151 Å². The molecule has 1 aromatic heterocycles. The van der Waals surface area contributed by atoms with Gasteiger partial charge in [0.2, 0.25) is 0 Å². The van der Waals surface area contributed by atoms with Gasteiger partial charge in [-0.15, -0.1) is 0 Å². The molecule has 216 valence electrons. The summed E-state index contributed by atoms with van der Waals surface area (Å²) < 4.78 is 21.6. The summed E-state index contributed by atoms with van der Waals surface area (Å²) in [5.74, 6) is -1.31. The van der Waals surface area contributed by atoms with E-state index in [0.29, 0.717) is 18.9 Å². The van der Waals surface area contributed by atoms with Gasteiger partial charge in [0.15, 0.2) is 5.78 Å². The second kappa shape index (κ2) is 13.0. The molecular weight excluding hydrogens is 543 g/mol. The molecule has 0 aliphatic heterocycles. The van der Waals surface area contributed by atoms with E-state index < -0.39 is 23.6 Å². The van der Waals surface area contributed by atoms with Gasteiger partial charge >= 0.3 is 5.97 Å². The zero-order valence-corrected chi connectivity index (χ0v) is 23.5. The lowest BCUT2D eigenvalue weighted by atomic mass is 10.00. The van der Waals surface area contributed by atoms with Crippen molar-refractivity contribution in [1.29, 1.82) is 0 Å². The lowest BCUT2D eigenvalue weighted by Crippen LogP contribution is -2.38. The molecule has 5 rings (SSSR count). The van der Waals surface area contributed by atoms with Crippen molar-refractivity contribution in [1.82, 2.24) is 9.88 Å². The molecular formula is C36H31FN2O4. The number of para-hydroxylation sites is 2. The number of benzene rings is 4. The molecule has 43 heavy (non-hydrogen) atoms. The lowest BCUT2D eigenvalue weighted by Gasteiger charge is -2.19. The van der Waals surface area contributed by atoms with Gasteiger partial charge in [-0.05, 0) is 60.2 Å². The molecule has 2 N–H and O–H groups in total. The zero-order chi connectivity index (χ0) is 30.3. The highest BCUT2D eigenvalue weighted by atomic mass is 19.1. The third-order valence-electron chi connectivity index (χ3n) is 7.30. The molecule has 0 fully saturated rings. The van der Waals surface area contributed by atoms with Crippen molar-refractivity contribution >= 4 is 33.6 Å². The Labute approximate surface area is 249 Å². The largest absolute Gasteiger partial charge is 0.492 e. The highest BCUT2D eigenvalue weighted by Crippen LogP contribution is 2.28. The van der Waals surface area contributed by atoms with Crippen molar-refractivity contribution < 1.29 is 23.8 Å². The Morgan fingerprint density at radius 3 is 2.02 bits per heavy atom. The summed E-state index contributed by atoms with van der Waals surface area (Å²) in [6, 6.07) is 28.0. The van der Waals surface area contributed by atoms with Gasteiger partial charge in [0.05, 0.1) is 6.54 Å². The van der Waals surface area contributed by atoms with E-state index in [-0.39, 0.29) is 23.3 Å². The van der Waals surface area contributed by atoms with Crippen LogP contribution < -0.4 is 10.1 Å². The summed E-state index contributed by atoms with van der Waals surface area (Å²) in [4.78, 5) is 25.2. The quantitative estimate of drug-likeness (QED) is 0.0890. The first-order valence-corrected chi connectivity index (χ1v) is 13.9. The van der Waals surface area contributed by atoms with E-state index in [1.807, 2.05) is 48.5 Å². The van der Waals surface area contributed by atoms with Crippen LogP contribution in [-0.2, 0) is 17.8 Å². The van der Waals surface area contributed by atoms with Gasteiger partial charge in [0.25, 0.3) is 0 Å². The van der Waals surface area contributed by atoms with E-state index in [4.69, 9.17) is 4.74 Å². The maximum absolute atomic E-state index is 13.3. The molecule has 1 atom stereocenters. The Morgan fingerprint density at radius 1 is 0.860 bits per heavy atom. The molecule has 0 spiro atoms. The van der Waals surface area contributed by atoms with E-state index in [1.165, 1.54) is 47.2 Å². The van der Waals surface area contributed by atoms with Crippen LogP contribution in [0.3, 0.4) is 0 Å². The maximum atomic E-state index is 13.3. The molecule has 0 aliphatic rings. The van der Waals surface area contributed by atoms with Crippen molar-refractivity contribution in [3.63, 3.8) is 0 Å². The number of rotatable bonds is 13. The number of hydrogen-bond acceptors (Lipinski definition) is 4. The number of ether oxygens (including phenoxy) is 1. The SMILES string of the molecule is C=C/C(NC(Cc1ccc(OCCn2c3ccccc3c3ccccc32)cc1)C(=O)O)=C(\C=C)C(=O)c1ccc(F)cc1. The number of carboxylic acid groups (broad SMARTS) is 1. The number of hydrogen-bond donors (Lipinski definition) is 2. The third kappa shape index (κ3) is 6.41. The minimum atomic E-state index is -1.09. The van der Waals surface area contributed by atoms with Gasteiger partial charge in [-0.2, -0.15) is 0 Å². The molecule has 0 radical (unpaired) electrons. The van der Waals surface area contributed by atoms with Gasteiger partial charge in [0, 0.05) is 45.1 Å². The number of nitrogens with one attached hydrogen (secondary N) is 1. The number of Topliss-reactive ketones (excluding diaryl/α,β-unsaturated/α-hetero) is 1.